The first-order valence-electron chi connectivity index (χ1n) is 6.17. The zero-order valence-electron chi connectivity index (χ0n) is 10.7. The van der Waals surface area contributed by atoms with E-state index in [4.69, 9.17) is 5.73 Å². The zero-order chi connectivity index (χ0) is 13.1. The van der Waals surface area contributed by atoms with Gasteiger partial charge in [-0.05, 0) is 19.8 Å². The predicted octanol–water partition coefficient (Wildman–Crippen LogP) is 0.915. The van der Waals surface area contributed by atoms with Crippen molar-refractivity contribution >= 4 is 23.7 Å². The highest BCUT2D eigenvalue weighted by atomic mass is 32.2. The lowest BCUT2D eigenvalue weighted by atomic mass is 10.3. The van der Waals surface area contributed by atoms with Crippen LogP contribution in [0.5, 0.6) is 0 Å². The molecule has 0 aliphatic carbocycles. The van der Waals surface area contributed by atoms with Crippen molar-refractivity contribution in [3.8, 4) is 0 Å². The number of aliphatic hydroxyl groups is 1. The fourth-order valence-corrected chi connectivity index (χ4v) is 2.55. The highest BCUT2D eigenvalue weighted by molar-refractivity contribution is 7.99. The van der Waals surface area contributed by atoms with Gasteiger partial charge in [-0.15, -0.1) is 0 Å². The summed E-state index contributed by atoms with van der Waals surface area (Å²) in [4.78, 5) is 14.8. The van der Waals surface area contributed by atoms with E-state index in [0.717, 1.165) is 25.9 Å². The van der Waals surface area contributed by atoms with Crippen LogP contribution in [0.3, 0.4) is 0 Å². The summed E-state index contributed by atoms with van der Waals surface area (Å²) in [5, 5.41) is 10.1. The van der Waals surface area contributed by atoms with Crippen LogP contribution in [0.15, 0.2) is 5.16 Å². The summed E-state index contributed by atoms with van der Waals surface area (Å²) in [5.41, 5.74) is 5.71. The van der Waals surface area contributed by atoms with Crippen LogP contribution in [0.1, 0.15) is 26.7 Å². The van der Waals surface area contributed by atoms with E-state index >= 15 is 0 Å². The van der Waals surface area contributed by atoms with Crippen molar-refractivity contribution in [3.05, 3.63) is 0 Å². The SMILES string of the molecule is CC(O)C(C)Sc1nc(N)nc(N2CCCC2)n1. The maximum atomic E-state index is 9.50. The molecule has 3 N–H and O–H groups in total. The maximum Gasteiger partial charge on any atom is 0.231 e. The molecule has 0 saturated carbocycles. The molecule has 1 aliphatic heterocycles. The monoisotopic (exact) mass is 269 g/mol. The van der Waals surface area contributed by atoms with E-state index in [1.807, 2.05) is 6.92 Å². The Bertz CT molecular complexity index is 408. The second-order valence-corrected chi connectivity index (χ2v) is 5.88. The molecule has 0 aromatic carbocycles. The molecule has 1 saturated heterocycles. The van der Waals surface area contributed by atoms with Crippen molar-refractivity contribution in [3.63, 3.8) is 0 Å². The quantitative estimate of drug-likeness (QED) is 0.785. The van der Waals surface area contributed by atoms with Crippen LogP contribution in [0, 0.1) is 0 Å². The maximum absolute atomic E-state index is 9.50. The fourth-order valence-electron chi connectivity index (χ4n) is 1.74. The first-order valence-corrected chi connectivity index (χ1v) is 7.05. The lowest BCUT2D eigenvalue weighted by molar-refractivity contribution is 0.196. The van der Waals surface area contributed by atoms with Crippen LogP contribution in [0.25, 0.3) is 0 Å². The zero-order valence-corrected chi connectivity index (χ0v) is 11.5. The highest BCUT2D eigenvalue weighted by Crippen LogP contribution is 2.25. The van der Waals surface area contributed by atoms with Gasteiger partial charge in [0.1, 0.15) is 0 Å². The Labute approximate surface area is 111 Å². The first kappa shape index (κ1) is 13.4. The minimum absolute atomic E-state index is 0.0261. The molecule has 2 unspecified atom stereocenters. The molecule has 7 heteroatoms. The number of aliphatic hydroxyl groups excluding tert-OH is 1. The van der Waals surface area contributed by atoms with Gasteiger partial charge in [0.05, 0.1) is 6.10 Å². The Morgan fingerprint density at radius 3 is 2.50 bits per heavy atom. The van der Waals surface area contributed by atoms with Crippen LogP contribution in [0.2, 0.25) is 0 Å². The third kappa shape index (κ3) is 3.23. The van der Waals surface area contributed by atoms with Crippen molar-refractivity contribution in [1.82, 2.24) is 15.0 Å². The van der Waals surface area contributed by atoms with Crippen LogP contribution in [-0.2, 0) is 0 Å². The second kappa shape index (κ2) is 5.71. The van der Waals surface area contributed by atoms with Gasteiger partial charge in [-0.1, -0.05) is 18.7 Å². The van der Waals surface area contributed by atoms with Gasteiger partial charge < -0.3 is 15.7 Å². The average molecular weight is 269 g/mol. The number of rotatable bonds is 4. The van der Waals surface area contributed by atoms with E-state index in [9.17, 15) is 5.11 Å². The summed E-state index contributed by atoms with van der Waals surface area (Å²) in [6, 6.07) is 0. The fraction of sp³-hybridized carbons (Fsp3) is 0.727. The van der Waals surface area contributed by atoms with Crippen LogP contribution in [0.4, 0.5) is 11.9 Å². The minimum Gasteiger partial charge on any atom is -0.392 e. The van der Waals surface area contributed by atoms with Crippen LogP contribution >= 0.6 is 11.8 Å². The molecule has 2 heterocycles. The predicted molar refractivity (Wildman–Crippen MR) is 72.7 cm³/mol. The molecule has 1 aromatic rings. The molecule has 0 amide bonds. The Morgan fingerprint density at radius 1 is 1.22 bits per heavy atom. The topological polar surface area (TPSA) is 88.2 Å². The Kier molecular flexibility index (Phi) is 4.23. The number of anilines is 2. The second-order valence-electron chi connectivity index (χ2n) is 4.53. The third-order valence-electron chi connectivity index (χ3n) is 2.98. The molecule has 1 fully saturated rings. The molecule has 1 aliphatic rings. The van der Waals surface area contributed by atoms with Gasteiger partial charge in [-0.3, -0.25) is 0 Å². The van der Waals surface area contributed by atoms with Gasteiger partial charge in [0.2, 0.25) is 11.9 Å². The highest BCUT2D eigenvalue weighted by Gasteiger charge is 2.18. The normalized spacial score (nSPS) is 18.9. The Balaban J connectivity index is 2.15. The number of nitrogen functional groups attached to an aromatic ring is 1. The van der Waals surface area contributed by atoms with Crippen molar-refractivity contribution in [2.45, 2.75) is 43.2 Å². The largest absolute Gasteiger partial charge is 0.392 e. The van der Waals surface area contributed by atoms with Crippen molar-refractivity contribution in [2.24, 2.45) is 0 Å². The van der Waals surface area contributed by atoms with Crippen molar-refractivity contribution < 1.29 is 5.11 Å². The number of hydrogen-bond acceptors (Lipinski definition) is 7. The van der Waals surface area contributed by atoms with Crippen molar-refractivity contribution in [2.75, 3.05) is 23.7 Å². The van der Waals surface area contributed by atoms with Gasteiger partial charge in [-0.2, -0.15) is 15.0 Å². The standard InChI is InChI=1S/C11H19N5OS/c1-7(17)8(2)18-11-14-9(12)13-10(15-11)16-5-3-4-6-16/h7-8,17H,3-6H2,1-2H3,(H2,12,13,14,15). The van der Waals surface area contributed by atoms with E-state index in [1.165, 1.54) is 11.8 Å². The smallest absolute Gasteiger partial charge is 0.231 e. The first-order chi connectivity index (χ1) is 8.56. The van der Waals surface area contributed by atoms with Gasteiger partial charge in [-0.25, -0.2) is 0 Å². The van der Waals surface area contributed by atoms with Crippen molar-refractivity contribution in [1.29, 1.82) is 0 Å². The molecule has 2 atom stereocenters. The molecule has 2 rings (SSSR count). The third-order valence-corrected chi connectivity index (χ3v) is 4.14. The number of aromatic nitrogens is 3. The molecule has 0 radical (unpaired) electrons. The Hall–Kier alpha value is -1.08. The van der Waals surface area contributed by atoms with E-state index in [1.54, 1.807) is 6.92 Å². The Morgan fingerprint density at radius 2 is 1.89 bits per heavy atom. The summed E-state index contributed by atoms with van der Waals surface area (Å²) in [6.07, 6.45) is 1.92. The summed E-state index contributed by atoms with van der Waals surface area (Å²) in [7, 11) is 0. The van der Waals surface area contributed by atoms with E-state index in [2.05, 4.69) is 19.9 Å². The number of nitrogens with two attached hydrogens (primary N) is 1. The summed E-state index contributed by atoms with van der Waals surface area (Å²) >= 11 is 1.42. The summed E-state index contributed by atoms with van der Waals surface area (Å²) < 4.78 is 0. The number of hydrogen-bond donors (Lipinski definition) is 2. The number of thioether (sulfide) groups is 1. The van der Waals surface area contributed by atoms with E-state index in [-0.39, 0.29) is 11.2 Å². The summed E-state index contributed by atoms with van der Waals surface area (Å²) in [6.45, 7) is 5.63. The molecule has 18 heavy (non-hydrogen) atoms. The molecule has 100 valence electrons. The van der Waals surface area contributed by atoms with E-state index < -0.39 is 6.10 Å². The number of nitrogens with zero attached hydrogens (tertiary/aromatic N) is 4. The molecule has 0 spiro atoms. The van der Waals surface area contributed by atoms with Gasteiger partial charge in [0.15, 0.2) is 5.16 Å². The lowest BCUT2D eigenvalue weighted by Crippen LogP contribution is -2.22. The molecule has 0 bridgehead atoms. The van der Waals surface area contributed by atoms with Gasteiger partial charge in [0, 0.05) is 18.3 Å². The minimum atomic E-state index is -0.414. The van der Waals surface area contributed by atoms with E-state index in [0.29, 0.717) is 11.1 Å². The lowest BCUT2D eigenvalue weighted by Gasteiger charge is -2.17. The summed E-state index contributed by atoms with van der Waals surface area (Å²) in [5.74, 6) is 0.896. The van der Waals surface area contributed by atoms with Gasteiger partial charge >= 0.3 is 0 Å². The van der Waals surface area contributed by atoms with Crippen LogP contribution in [-0.4, -0.2) is 44.5 Å². The van der Waals surface area contributed by atoms with Gasteiger partial charge in [0.25, 0.3) is 0 Å². The van der Waals surface area contributed by atoms with Crippen LogP contribution < -0.4 is 10.6 Å². The molecular weight excluding hydrogens is 250 g/mol. The average Bonchev–Trinajstić information content (AvgIpc) is 2.81. The molecular formula is C11H19N5OS. The molecule has 1 aromatic heterocycles. The molecule has 6 nitrogen and oxygen atoms in total.